The van der Waals surface area contributed by atoms with Crippen LogP contribution in [0.1, 0.15) is 22.4 Å². The number of aromatic nitrogens is 2. The molecule has 2 aromatic rings. The number of nitrogen functional groups attached to an aromatic ring is 1. The zero-order valence-electron chi connectivity index (χ0n) is 11.4. The highest BCUT2D eigenvalue weighted by Gasteiger charge is 2.12. The van der Waals surface area contributed by atoms with Gasteiger partial charge in [0.1, 0.15) is 17.5 Å². The van der Waals surface area contributed by atoms with Crippen LogP contribution in [0.15, 0.2) is 18.2 Å². The molecule has 0 spiro atoms. The van der Waals surface area contributed by atoms with Crippen molar-refractivity contribution >= 4 is 11.5 Å². The van der Waals surface area contributed by atoms with E-state index in [1.165, 1.54) is 0 Å². The second-order valence-corrected chi connectivity index (χ2v) is 4.53. The van der Waals surface area contributed by atoms with Crippen molar-refractivity contribution < 1.29 is 0 Å². The third-order valence-electron chi connectivity index (χ3n) is 3.27. The number of hydrogen-bond donors (Lipinski definition) is 2. The number of nitrogens with zero attached hydrogens (tertiary/aromatic N) is 3. The summed E-state index contributed by atoms with van der Waals surface area (Å²) in [7, 11) is 1.82. The van der Waals surface area contributed by atoms with Gasteiger partial charge in [-0.3, -0.25) is 4.68 Å². The molecule has 1 aromatic carbocycles. The van der Waals surface area contributed by atoms with Gasteiger partial charge in [-0.05, 0) is 31.0 Å². The highest BCUT2D eigenvalue weighted by molar-refractivity contribution is 5.56. The number of nitriles is 1. The lowest BCUT2D eigenvalue weighted by molar-refractivity contribution is 0.758. The number of rotatable bonds is 3. The zero-order valence-corrected chi connectivity index (χ0v) is 11.4. The molecule has 5 heteroatoms. The van der Waals surface area contributed by atoms with Gasteiger partial charge in [-0.25, -0.2) is 0 Å². The summed E-state index contributed by atoms with van der Waals surface area (Å²) in [6.07, 6.45) is 0. The van der Waals surface area contributed by atoms with E-state index in [4.69, 9.17) is 11.0 Å². The van der Waals surface area contributed by atoms with E-state index in [1.54, 1.807) is 4.68 Å². The minimum atomic E-state index is 0.587. The van der Waals surface area contributed by atoms with Crippen molar-refractivity contribution in [1.82, 2.24) is 9.78 Å². The second-order valence-electron chi connectivity index (χ2n) is 4.53. The van der Waals surface area contributed by atoms with Crippen molar-refractivity contribution in [2.24, 2.45) is 7.05 Å². The minimum absolute atomic E-state index is 0.587. The van der Waals surface area contributed by atoms with Gasteiger partial charge < -0.3 is 11.1 Å². The van der Waals surface area contributed by atoms with Crippen LogP contribution in [0.25, 0.3) is 0 Å². The molecule has 0 amide bonds. The first-order valence-corrected chi connectivity index (χ1v) is 6.06. The summed E-state index contributed by atoms with van der Waals surface area (Å²) in [6, 6.07) is 8.01. The number of benzene rings is 1. The molecule has 0 aliphatic carbocycles. The minimum Gasteiger partial charge on any atom is -0.399 e. The van der Waals surface area contributed by atoms with E-state index >= 15 is 0 Å². The van der Waals surface area contributed by atoms with E-state index in [0.29, 0.717) is 12.1 Å². The Labute approximate surface area is 112 Å². The molecule has 98 valence electrons. The summed E-state index contributed by atoms with van der Waals surface area (Å²) >= 11 is 0. The lowest BCUT2D eigenvalue weighted by Gasteiger charge is -2.11. The highest BCUT2D eigenvalue weighted by Crippen LogP contribution is 2.20. The van der Waals surface area contributed by atoms with E-state index < -0.39 is 0 Å². The van der Waals surface area contributed by atoms with Crippen LogP contribution >= 0.6 is 0 Å². The van der Waals surface area contributed by atoms with Crippen LogP contribution in [-0.2, 0) is 13.6 Å². The van der Waals surface area contributed by atoms with Crippen LogP contribution in [0.5, 0.6) is 0 Å². The van der Waals surface area contributed by atoms with Crippen molar-refractivity contribution in [3.05, 3.63) is 40.6 Å². The third kappa shape index (κ3) is 2.38. The molecule has 0 unspecified atom stereocenters. The van der Waals surface area contributed by atoms with Gasteiger partial charge in [-0.1, -0.05) is 12.1 Å². The monoisotopic (exact) mass is 255 g/mol. The van der Waals surface area contributed by atoms with Crippen LogP contribution < -0.4 is 11.1 Å². The number of hydrogen-bond acceptors (Lipinski definition) is 4. The van der Waals surface area contributed by atoms with Gasteiger partial charge in [0, 0.05) is 19.3 Å². The molecule has 0 fully saturated rings. The van der Waals surface area contributed by atoms with Crippen molar-refractivity contribution in [2.75, 3.05) is 11.1 Å². The van der Waals surface area contributed by atoms with Crippen molar-refractivity contribution in [1.29, 1.82) is 5.26 Å². The largest absolute Gasteiger partial charge is 0.399 e. The molecule has 0 aliphatic rings. The first-order chi connectivity index (χ1) is 9.04. The molecule has 19 heavy (non-hydrogen) atoms. The molecule has 2 rings (SSSR count). The Morgan fingerprint density at radius 2 is 2.16 bits per heavy atom. The van der Waals surface area contributed by atoms with Crippen molar-refractivity contribution in [3.63, 3.8) is 0 Å². The number of anilines is 2. The molecule has 0 aliphatic heterocycles. The first-order valence-electron chi connectivity index (χ1n) is 6.06. The summed E-state index contributed by atoms with van der Waals surface area (Å²) in [5, 5.41) is 16.6. The fraction of sp³-hybridized carbons (Fsp3) is 0.286. The van der Waals surface area contributed by atoms with Crippen LogP contribution in [0.3, 0.4) is 0 Å². The predicted octanol–water partition coefficient (Wildman–Crippen LogP) is 2.10. The summed E-state index contributed by atoms with van der Waals surface area (Å²) in [5.74, 6) is 0.738. The maximum absolute atomic E-state index is 9.15. The topological polar surface area (TPSA) is 79.7 Å². The molecular formula is C14H17N5. The van der Waals surface area contributed by atoms with Gasteiger partial charge in [0.15, 0.2) is 0 Å². The molecule has 1 heterocycles. The summed E-state index contributed by atoms with van der Waals surface area (Å²) < 4.78 is 1.69. The Morgan fingerprint density at radius 1 is 1.42 bits per heavy atom. The fourth-order valence-corrected chi connectivity index (χ4v) is 2.07. The first kappa shape index (κ1) is 13.0. The van der Waals surface area contributed by atoms with Crippen LogP contribution in [0.4, 0.5) is 11.5 Å². The van der Waals surface area contributed by atoms with Crippen LogP contribution in [-0.4, -0.2) is 9.78 Å². The van der Waals surface area contributed by atoms with E-state index in [-0.39, 0.29) is 0 Å². The molecule has 0 saturated heterocycles. The van der Waals surface area contributed by atoms with Gasteiger partial charge in [0.2, 0.25) is 0 Å². The quantitative estimate of drug-likeness (QED) is 0.823. The fourth-order valence-electron chi connectivity index (χ4n) is 2.07. The number of nitrogens with one attached hydrogen (secondary N) is 1. The Hall–Kier alpha value is -2.48. The van der Waals surface area contributed by atoms with Crippen molar-refractivity contribution in [2.45, 2.75) is 20.4 Å². The molecule has 5 nitrogen and oxygen atoms in total. The smallest absolute Gasteiger partial charge is 0.142 e. The van der Waals surface area contributed by atoms with Crippen LogP contribution in [0, 0.1) is 25.2 Å². The van der Waals surface area contributed by atoms with E-state index in [9.17, 15) is 0 Å². The Balaban J connectivity index is 2.24. The molecule has 0 bridgehead atoms. The average Bonchev–Trinajstić information content (AvgIpc) is 2.65. The zero-order chi connectivity index (χ0) is 14.0. The van der Waals surface area contributed by atoms with Gasteiger partial charge >= 0.3 is 0 Å². The lowest BCUT2D eigenvalue weighted by Crippen LogP contribution is -2.07. The lowest BCUT2D eigenvalue weighted by atomic mass is 10.1. The second kappa shape index (κ2) is 5.02. The molecule has 0 saturated carbocycles. The molecule has 3 N–H and O–H groups in total. The SMILES string of the molecule is Cc1nn(C)c(NCc2cccc(N)c2C)c1C#N. The van der Waals surface area contributed by atoms with Crippen LogP contribution in [0.2, 0.25) is 0 Å². The highest BCUT2D eigenvalue weighted by atomic mass is 15.3. The Morgan fingerprint density at radius 3 is 2.84 bits per heavy atom. The molecular weight excluding hydrogens is 238 g/mol. The summed E-state index contributed by atoms with van der Waals surface area (Å²) in [5.41, 5.74) is 10.2. The maximum atomic E-state index is 9.15. The summed E-state index contributed by atoms with van der Waals surface area (Å²) in [4.78, 5) is 0. The third-order valence-corrected chi connectivity index (χ3v) is 3.27. The molecule has 1 aromatic heterocycles. The van der Waals surface area contributed by atoms with Crippen molar-refractivity contribution in [3.8, 4) is 6.07 Å². The average molecular weight is 255 g/mol. The summed E-state index contributed by atoms with van der Waals surface area (Å²) in [6.45, 7) is 4.44. The van der Waals surface area contributed by atoms with E-state index in [2.05, 4.69) is 16.5 Å². The van der Waals surface area contributed by atoms with Gasteiger partial charge in [-0.15, -0.1) is 0 Å². The number of nitrogens with two attached hydrogens (primary N) is 1. The standard InChI is InChI=1S/C14H17N5/c1-9-11(5-4-6-13(9)16)8-17-14-12(7-15)10(2)18-19(14)3/h4-6,17H,8,16H2,1-3H3. The Bertz CT molecular complexity index is 649. The van der Waals surface area contributed by atoms with E-state index in [0.717, 1.165) is 28.3 Å². The molecule has 0 radical (unpaired) electrons. The predicted molar refractivity (Wildman–Crippen MR) is 75.6 cm³/mol. The van der Waals surface area contributed by atoms with Gasteiger partial charge in [0.25, 0.3) is 0 Å². The van der Waals surface area contributed by atoms with Gasteiger partial charge in [0.05, 0.1) is 5.69 Å². The normalized spacial score (nSPS) is 10.2. The molecule has 0 atom stereocenters. The van der Waals surface area contributed by atoms with E-state index in [1.807, 2.05) is 39.1 Å². The van der Waals surface area contributed by atoms with Gasteiger partial charge in [-0.2, -0.15) is 10.4 Å². The maximum Gasteiger partial charge on any atom is 0.142 e. The number of aryl methyl sites for hydroxylation is 2. The Kier molecular flexibility index (Phi) is 3.43.